The molecule has 0 fully saturated rings. The fourth-order valence-electron chi connectivity index (χ4n) is 2.54. The van der Waals surface area contributed by atoms with Gasteiger partial charge < -0.3 is 10.2 Å². The molecule has 3 aromatic rings. The van der Waals surface area contributed by atoms with Gasteiger partial charge in [0.2, 0.25) is 0 Å². The second kappa shape index (κ2) is 5.35. The first-order chi connectivity index (χ1) is 10.5. The summed E-state index contributed by atoms with van der Waals surface area (Å²) in [5, 5.41) is 0.546. The van der Waals surface area contributed by atoms with Crippen LogP contribution in [0.1, 0.15) is 29.7 Å². The zero-order valence-electron chi connectivity index (χ0n) is 12.8. The Kier molecular flexibility index (Phi) is 3.50. The average Bonchev–Trinajstić information content (AvgIpc) is 2.51. The second-order valence-electron chi connectivity index (χ2n) is 5.48. The van der Waals surface area contributed by atoms with Gasteiger partial charge in [0.15, 0.2) is 17.0 Å². The molecule has 2 aromatic heterocycles. The predicted octanol–water partition coefficient (Wildman–Crippen LogP) is 2.89. The van der Waals surface area contributed by atoms with Crippen LogP contribution >= 0.6 is 0 Å². The molecule has 3 rings (SSSR count). The molecule has 5 nitrogen and oxygen atoms in total. The van der Waals surface area contributed by atoms with E-state index in [0.717, 1.165) is 11.1 Å². The Hall–Kier alpha value is -2.53. The lowest BCUT2D eigenvalue weighted by Gasteiger charge is -2.12. The summed E-state index contributed by atoms with van der Waals surface area (Å²) in [6.07, 6.45) is 3.24. The largest absolute Gasteiger partial charge is 0.452 e. The minimum Gasteiger partial charge on any atom is -0.452 e. The maximum Gasteiger partial charge on any atom is 0.196 e. The highest BCUT2D eigenvalue weighted by Gasteiger charge is 2.18. The Bertz CT molecular complexity index is 899. The second-order valence-corrected chi connectivity index (χ2v) is 5.48. The highest BCUT2D eigenvalue weighted by molar-refractivity contribution is 5.83. The van der Waals surface area contributed by atoms with Gasteiger partial charge in [-0.25, -0.2) is 9.97 Å². The third-order valence-corrected chi connectivity index (χ3v) is 3.65. The molecule has 112 valence electrons. The summed E-state index contributed by atoms with van der Waals surface area (Å²) >= 11 is 0. The van der Waals surface area contributed by atoms with Crippen LogP contribution in [-0.2, 0) is 0 Å². The maximum absolute atomic E-state index is 12.7. The molecule has 0 saturated carbocycles. The third-order valence-electron chi connectivity index (χ3n) is 3.65. The van der Waals surface area contributed by atoms with E-state index >= 15 is 0 Å². The minimum atomic E-state index is -0.238. The molecular weight excluding hydrogens is 278 g/mol. The lowest BCUT2D eigenvalue weighted by Crippen LogP contribution is -2.12. The molecule has 1 unspecified atom stereocenters. The molecule has 0 spiro atoms. The third kappa shape index (κ3) is 2.29. The summed E-state index contributed by atoms with van der Waals surface area (Å²) in [6, 6.07) is 5.25. The molecule has 0 aliphatic heterocycles. The van der Waals surface area contributed by atoms with E-state index in [9.17, 15) is 4.79 Å². The van der Waals surface area contributed by atoms with Crippen LogP contribution in [-0.4, -0.2) is 9.97 Å². The number of hydrogen-bond acceptors (Lipinski definition) is 5. The summed E-state index contributed by atoms with van der Waals surface area (Å²) in [5.74, 6) is 0.791. The van der Waals surface area contributed by atoms with Gasteiger partial charge in [0, 0.05) is 29.6 Å². The van der Waals surface area contributed by atoms with Crippen molar-refractivity contribution in [3.8, 4) is 11.6 Å². The van der Waals surface area contributed by atoms with Gasteiger partial charge in [0.05, 0.1) is 5.39 Å². The van der Waals surface area contributed by atoms with Gasteiger partial charge in [-0.1, -0.05) is 6.07 Å². The summed E-state index contributed by atoms with van der Waals surface area (Å²) in [7, 11) is 0. The Morgan fingerprint density at radius 2 is 1.86 bits per heavy atom. The van der Waals surface area contributed by atoms with E-state index in [1.54, 1.807) is 25.4 Å². The molecular formula is C17H17N3O2. The normalized spacial score (nSPS) is 12.5. The molecule has 2 heterocycles. The number of aryl methyl sites for hydroxylation is 1. The monoisotopic (exact) mass is 295 g/mol. The van der Waals surface area contributed by atoms with Gasteiger partial charge in [-0.2, -0.15) is 0 Å². The number of aromatic nitrogens is 2. The number of rotatable bonds is 2. The van der Waals surface area contributed by atoms with Crippen molar-refractivity contribution in [2.45, 2.75) is 26.8 Å². The molecule has 2 N–H and O–H groups in total. The van der Waals surface area contributed by atoms with E-state index in [-0.39, 0.29) is 11.5 Å². The van der Waals surface area contributed by atoms with Crippen molar-refractivity contribution in [2.24, 2.45) is 5.73 Å². The van der Waals surface area contributed by atoms with Gasteiger partial charge in [-0.05, 0) is 38.5 Å². The average molecular weight is 295 g/mol. The highest BCUT2D eigenvalue weighted by Crippen LogP contribution is 2.28. The quantitative estimate of drug-likeness (QED) is 0.786. The molecule has 5 heteroatoms. The smallest absolute Gasteiger partial charge is 0.196 e. The Labute approximate surface area is 127 Å². The van der Waals surface area contributed by atoms with Crippen molar-refractivity contribution in [3.05, 3.63) is 57.5 Å². The number of benzene rings is 1. The van der Waals surface area contributed by atoms with Gasteiger partial charge in [0.25, 0.3) is 0 Å². The van der Waals surface area contributed by atoms with Gasteiger partial charge in [-0.3, -0.25) is 4.79 Å². The van der Waals surface area contributed by atoms with E-state index in [0.29, 0.717) is 28.1 Å². The summed E-state index contributed by atoms with van der Waals surface area (Å²) in [5.41, 5.74) is 8.76. The maximum atomic E-state index is 12.7. The van der Waals surface area contributed by atoms with Crippen molar-refractivity contribution in [1.82, 2.24) is 9.97 Å². The first-order valence-electron chi connectivity index (χ1n) is 7.10. The number of nitrogens with two attached hydrogens (primary N) is 1. The van der Waals surface area contributed by atoms with Crippen LogP contribution in [0.25, 0.3) is 22.6 Å². The van der Waals surface area contributed by atoms with Gasteiger partial charge in [-0.15, -0.1) is 0 Å². The SMILES string of the molecule is Cc1cc(C(C)N)c2oc(-c3ncccn3)c(C)c(=O)c2c1. The zero-order valence-corrected chi connectivity index (χ0v) is 12.8. The lowest BCUT2D eigenvalue weighted by molar-refractivity contribution is 0.597. The van der Waals surface area contributed by atoms with Crippen LogP contribution < -0.4 is 11.2 Å². The van der Waals surface area contributed by atoms with E-state index in [4.69, 9.17) is 10.2 Å². The number of fused-ring (bicyclic) bond motifs is 1. The van der Waals surface area contributed by atoms with Crippen molar-refractivity contribution < 1.29 is 4.42 Å². The van der Waals surface area contributed by atoms with Crippen molar-refractivity contribution in [2.75, 3.05) is 0 Å². The first kappa shape index (κ1) is 14.4. The fraction of sp³-hybridized carbons (Fsp3) is 0.235. The van der Waals surface area contributed by atoms with Crippen molar-refractivity contribution >= 4 is 11.0 Å². The molecule has 0 radical (unpaired) electrons. The van der Waals surface area contributed by atoms with Crippen molar-refractivity contribution in [1.29, 1.82) is 0 Å². The van der Waals surface area contributed by atoms with Gasteiger partial charge >= 0.3 is 0 Å². The summed E-state index contributed by atoms with van der Waals surface area (Å²) < 4.78 is 6.00. The van der Waals surface area contributed by atoms with Crippen LogP contribution in [0.4, 0.5) is 0 Å². The number of hydrogen-bond donors (Lipinski definition) is 1. The van der Waals surface area contributed by atoms with E-state index in [1.165, 1.54) is 0 Å². The lowest BCUT2D eigenvalue weighted by atomic mass is 10.0. The fourth-order valence-corrected chi connectivity index (χ4v) is 2.54. The number of nitrogens with zero attached hydrogens (tertiary/aromatic N) is 2. The minimum absolute atomic E-state index is 0.0747. The molecule has 0 saturated heterocycles. The Balaban J connectivity index is 2.43. The summed E-state index contributed by atoms with van der Waals surface area (Å²) in [6.45, 7) is 5.53. The van der Waals surface area contributed by atoms with E-state index in [1.807, 2.05) is 26.0 Å². The molecule has 0 amide bonds. The van der Waals surface area contributed by atoms with E-state index in [2.05, 4.69) is 9.97 Å². The standard InChI is InChI=1S/C17H17N3O2/c1-9-7-12(11(3)18)16-13(8-9)14(21)10(2)15(22-16)17-19-5-4-6-20-17/h4-8,11H,18H2,1-3H3. The topological polar surface area (TPSA) is 82.0 Å². The summed E-state index contributed by atoms with van der Waals surface area (Å²) in [4.78, 5) is 21.0. The zero-order chi connectivity index (χ0) is 15.9. The van der Waals surface area contributed by atoms with Crippen LogP contribution in [0.3, 0.4) is 0 Å². The molecule has 0 aliphatic rings. The first-order valence-corrected chi connectivity index (χ1v) is 7.10. The van der Waals surface area contributed by atoms with Crippen LogP contribution in [0.2, 0.25) is 0 Å². The molecule has 1 aromatic carbocycles. The Morgan fingerprint density at radius 1 is 1.18 bits per heavy atom. The highest BCUT2D eigenvalue weighted by atomic mass is 16.3. The van der Waals surface area contributed by atoms with Crippen LogP contribution in [0.15, 0.2) is 39.8 Å². The van der Waals surface area contributed by atoms with Crippen molar-refractivity contribution in [3.63, 3.8) is 0 Å². The Morgan fingerprint density at radius 3 is 2.50 bits per heavy atom. The molecule has 0 bridgehead atoms. The van der Waals surface area contributed by atoms with Gasteiger partial charge in [0.1, 0.15) is 5.58 Å². The molecule has 1 atom stereocenters. The van der Waals surface area contributed by atoms with Crippen LogP contribution in [0, 0.1) is 13.8 Å². The van der Waals surface area contributed by atoms with E-state index < -0.39 is 0 Å². The predicted molar refractivity (Wildman–Crippen MR) is 85.6 cm³/mol. The van der Waals surface area contributed by atoms with Crippen LogP contribution in [0.5, 0.6) is 0 Å². The molecule has 0 aliphatic carbocycles. The molecule has 22 heavy (non-hydrogen) atoms.